The molecule has 9 heavy (non-hydrogen) atoms. The van der Waals surface area contributed by atoms with Gasteiger partial charge in [-0.05, 0) is 6.92 Å². The molecule has 4 heteroatoms. The summed E-state index contributed by atoms with van der Waals surface area (Å²) in [5.41, 5.74) is 5.51. The van der Waals surface area contributed by atoms with E-state index in [0.29, 0.717) is 6.61 Å². The van der Waals surface area contributed by atoms with E-state index in [-0.39, 0.29) is 12.1 Å². The minimum Gasteiger partial charge on any atom is -0.380 e. The molecule has 0 heterocycles. The molecule has 2 unspecified atom stereocenters. The van der Waals surface area contributed by atoms with Crippen LogP contribution in [-0.4, -0.2) is 25.9 Å². The Morgan fingerprint density at radius 2 is 2.11 bits per heavy atom. The van der Waals surface area contributed by atoms with Gasteiger partial charge in [0.15, 0.2) is 0 Å². The first kappa shape index (κ1) is 8.84. The van der Waals surface area contributed by atoms with Crippen molar-refractivity contribution < 1.29 is 9.57 Å². The Labute approximate surface area is 55.1 Å². The van der Waals surface area contributed by atoms with Gasteiger partial charge >= 0.3 is 0 Å². The molecule has 0 aliphatic rings. The monoisotopic (exact) mass is 134 g/mol. The number of methoxy groups -OCH3 is 1. The van der Waals surface area contributed by atoms with Gasteiger partial charge in [0.2, 0.25) is 0 Å². The first-order valence-corrected chi connectivity index (χ1v) is 2.82. The molecule has 0 radical (unpaired) electrons. The van der Waals surface area contributed by atoms with Gasteiger partial charge in [-0.3, -0.25) is 0 Å². The highest BCUT2D eigenvalue weighted by atomic mass is 16.6. The zero-order valence-electron chi connectivity index (χ0n) is 5.83. The van der Waals surface area contributed by atoms with Crippen LogP contribution in [0.3, 0.4) is 0 Å². The van der Waals surface area contributed by atoms with Gasteiger partial charge in [-0.1, -0.05) is 0 Å². The summed E-state index contributed by atoms with van der Waals surface area (Å²) in [5.74, 6) is 4.79. The molecule has 0 fully saturated rings. The zero-order chi connectivity index (χ0) is 7.28. The Morgan fingerprint density at radius 1 is 1.56 bits per heavy atom. The summed E-state index contributed by atoms with van der Waals surface area (Å²) in [7, 11) is 1.60. The van der Waals surface area contributed by atoms with Crippen LogP contribution in [0.1, 0.15) is 6.92 Å². The lowest BCUT2D eigenvalue weighted by molar-refractivity contribution is 0.0437. The Hall–Kier alpha value is -0.160. The molecule has 0 aromatic heterocycles. The van der Waals surface area contributed by atoms with Crippen LogP contribution in [0.15, 0.2) is 0 Å². The van der Waals surface area contributed by atoms with Crippen molar-refractivity contribution in [2.24, 2.45) is 11.6 Å². The van der Waals surface area contributed by atoms with E-state index in [1.54, 1.807) is 7.11 Å². The number of ether oxygens (including phenoxy) is 1. The fraction of sp³-hybridized carbons (Fsp3) is 1.00. The molecule has 0 saturated heterocycles. The Balaban J connectivity index is 3.32. The second-order valence-electron chi connectivity index (χ2n) is 1.94. The maximum atomic E-state index is 5.51. The summed E-state index contributed by atoms with van der Waals surface area (Å²) in [6.07, 6.45) is -0.00597. The van der Waals surface area contributed by atoms with Crippen LogP contribution in [0, 0.1) is 0 Å². The van der Waals surface area contributed by atoms with Gasteiger partial charge in [-0.15, -0.1) is 0 Å². The van der Waals surface area contributed by atoms with E-state index in [1.165, 1.54) is 0 Å². The summed E-state index contributed by atoms with van der Waals surface area (Å²) >= 11 is 0. The summed E-state index contributed by atoms with van der Waals surface area (Å²) in [4.78, 5) is 4.32. The zero-order valence-corrected chi connectivity index (χ0v) is 5.83. The van der Waals surface area contributed by atoms with Crippen LogP contribution >= 0.6 is 0 Å². The standard InChI is InChI=1S/C5H14N2O2/c1-4(8-2)5(6)3-9-7/h4-5H,3,6-7H2,1-2H3. The highest BCUT2D eigenvalue weighted by molar-refractivity contribution is 4.66. The fourth-order valence-corrected chi connectivity index (χ4v) is 0.421. The molecule has 4 nitrogen and oxygen atoms in total. The van der Waals surface area contributed by atoms with E-state index in [1.807, 2.05) is 6.92 Å². The molecule has 56 valence electrons. The molecule has 0 spiro atoms. The molecule has 0 aliphatic carbocycles. The molecule has 0 saturated carbocycles. The molecule has 0 amide bonds. The SMILES string of the molecule is COC(C)C(N)CON. The Morgan fingerprint density at radius 3 is 2.44 bits per heavy atom. The quantitative estimate of drug-likeness (QED) is 0.496. The van der Waals surface area contributed by atoms with Crippen LogP contribution in [-0.2, 0) is 9.57 Å². The smallest absolute Gasteiger partial charge is 0.0855 e. The lowest BCUT2D eigenvalue weighted by Gasteiger charge is -2.16. The normalized spacial score (nSPS) is 17.3. The van der Waals surface area contributed by atoms with E-state index in [0.717, 1.165) is 0 Å². The minimum absolute atomic E-state index is 0.00597. The van der Waals surface area contributed by atoms with Crippen molar-refractivity contribution in [2.45, 2.75) is 19.1 Å². The van der Waals surface area contributed by atoms with Gasteiger partial charge < -0.3 is 15.3 Å². The molecule has 0 bridgehead atoms. The molecule has 0 rings (SSSR count). The van der Waals surface area contributed by atoms with Gasteiger partial charge in [0.05, 0.1) is 18.8 Å². The van der Waals surface area contributed by atoms with Crippen molar-refractivity contribution in [1.82, 2.24) is 0 Å². The van der Waals surface area contributed by atoms with Crippen LogP contribution in [0.2, 0.25) is 0 Å². The van der Waals surface area contributed by atoms with Gasteiger partial charge in [-0.25, -0.2) is 5.90 Å². The number of hydrogen-bond donors (Lipinski definition) is 2. The van der Waals surface area contributed by atoms with Crippen molar-refractivity contribution in [3.8, 4) is 0 Å². The highest BCUT2D eigenvalue weighted by Gasteiger charge is 2.10. The third-order valence-electron chi connectivity index (χ3n) is 1.26. The molecular weight excluding hydrogens is 120 g/mol. The lowest BCUT2D eigenvalue weighted by Crippen LogP contribution is -2.38. The average molecular weight is 134 g/mol. The Bertz CT molecular complexity index is 70.0. The third kappa shape index (κ3) is 3.42. The maximum absolute atomic E-state index is 5.51. The topological polar surface area (TPSA) is 70.5 Å². The maximum Gasteiger partial charge on any atom is 0.0855 e. The predicted octanol–water partition coefficient (Wildman–Crippen LogP) is -0.761. The van der Waals surface area contributed by atoms with Crippen LogP contribution in [0.25, 0.3) is 0 Å². The number of rotatable bonds is 4. The highest BCUT2D eigenvalue weighted by Crippen LogP contribution is 1.92. The van der Waals surface area contributed by atoms with Crippen molar-refractivity contribution in [2.75, 3.05) is 13.7 Å². The van der Waals surface area contributed by atoms with E-state index in [4.69, 9.17) is 16.4 Å². The predicted molar refractivity (Wildman–Crippen MR) is 34.6 cm³/mol. The Kier molecular flexibility index (Phi) is 4.61. The molecule has 0 aliphatic heterocycles. The van der Waals surface area contributed by atoms with E-state index in [9.17, 15) is 0 Å². The third-order valence-corrected chi connectivity index (χ3v) is 1.26. The van der Waals surface area contributed by atoms with Crippen LogP contribution in [0.5, 0.6) is 0 Å². The molecule has 0 aromatic carbocycles. The van der Waals surface area contributed by atoms with Crippen molar-refractivity contribution >= 4 is 0 Å². The summed E-state index contributed by atoms with van der Waals surface area (Å²) < 4.78 is 4.90. The van der Waals surface area contributed by atoms with Crippen LogP contribution < -0.4 is 11.6 Å². The molecule has 0 aromatic rings. The van der Waals surface area contributed by atoms with E-state index >= 15 is 0 Å². The van der Waals surface area contributed by atoms with Crippen LogP contribution in [0.4, 0.5) is 0 Å². The number of nitrogens with two attached hydrogens (primary N) is 2. The number of hydrogen-bond acceptors (Lipinski definition) is 4. The van der Waals surface area contributed by atoms with Crippen molar-refractivity contribution in [3.05, 3.63) is 0 Å². The first-order valence-electron chi connectivity index (χ1n) is 2.82. The fourth-order valence-electron chi connectivity index (χ4n) is 0.421. The largest absolute Gasteiger partial charge is 0.380 e. The summed E-state index contributed by atoms with van der Waals surface area (Å²) in [6, 6.07) is -0.139. The van der Waals surface area contributed by atoms with Gasteiger partial charge in [0.1, 0.15) is 0 Å². The van der Waals surface area contributed by atoms with Gasteiger partial charge in [-0.2, -0.15) is 0 Å². The second-order valence-corrected chi connectivity index (χ2v) is 1.94. The van der Waals surface area contributed by atoms with E-state index in [2.05, 4.69) is 4.84 Å². The van der Waals surface area contributed by atoms with Gasteiger partial charge in [0.25, 0.3) is 0 Å². The average Bonchev–Trinajstić information content (AvgIpc) is 1.87. The van der Waals surface area contributed by atoms with Gasteiger partial charge in [0, 0.05) is 7.11 Å². The summed E-state index contributed by atoms with van der Waals surface area (Å²) in [6.45, 7) is 2.19. The second kappa shape index (κ2) is 4.69. The lowest BCUT2D eigenvalue weighted by atomic mass is 10.2. The first-order chi connectivity index (χ1) is 4.22. The molecular formula is C5H14N2O2. The summed E-state index contributed by atoms with van der Waals surface area (Å²) in [5, 5.41) is 0. The molecule has 2 atom stereocenters. The van der Waals surface area contributed by atoms with E-state index < -0.39 is 0 Å². The van der Waals surface area contributed by atoms with Crippen molar-refractivity contribution in [3.63, 3.8) is 0 Å². The minimum atomic E-state index is -0.139. The van der Waals surface area contributed by atoms with Crippen molar-refractivity contribution in [1.29, 1.82) is 0 Å². The molecule has 4 N–H and O–H groups in total.